The van der Waals surface area contributed by atoms with E-state index in [1.54, 1.807) is 6.07 Å². The molecule has 1 saturated heterocycles. The molecule has 0 aromatic carbocycles. The number of carbonyl (C=O) groups is 2. The van der Waals surface area contributed by atoms with E-state index in [2.05, 4.69) is 5.32 Å². The van der Waals surface area contributed by atoms with Crippen molar-refractivity contribution in [1.29, 1.82) is 5.26 Å². The van der Waals surface area contributed by atoms with E-state index in [-0.39, 0.29) is 19.1 Å². The van der Waals surface area contributed by atoms with Crippen molar-refractivity contribution in [3.63, 3.8) is 0 Å². The van der Waals surface area contributed by atoms with Crippen LogP contribution in [-0.2, 0) is 9.59 Å². The first kappa shape index (κ1) is 12.5. The molecule has 0 atom stereocenters. The number of likely N-dealkylation sites (tertiary alicyclic amines) is 1. The monoisotopic (exact) mass is 225 g/mol. The summed E-state index contributed by atoms with van der Waals surface area (Å²) < 4.78 is 0. The van der Waals surface area contributed by atoms with E-state index < -0.39 is 11.8 Å². The molecule has 1 aliphatic heterocycles. The van der Waals surface area contributed by atoms with Crippen molar-refractivity contribution in [2.45, 2.75) is 12.8 Å². The summed E-state index contributed by atoms with van der Waals surface area (Å²) in [5.74, 6) is -1.10. The summed E-state index contributed by atoms with van der Waals surface area (Å²) in [5, 5.41) is 19.4. The molecule has 1 fully saturated rings. The van der Waals surface area contributed by atoms with Crippen LogP contribution >= 0.6 is 0 Å². The average molecular weight is 225 g/mol. The van der Waals surface area contributed by atoms with Crippen molar-refractivity contribution < 1.29 is 14.7 Å². The van der Waals surface area contributed by atoms with E-state index in [1.807, 2.05) is 0 Å². The Hall–Kier alpha value is -1.61. The Kier molecular flexibility index (Phi) is 4.73. The van der Waals surface area contributed by atoms with E-state index in [4.69, 9.17) is 10.4 Å². The minimum absolute atomic E-state index is 0.128. The minimum atomic E-state index is -0.732. The number of carbonyl (C=O) groups excluding carboxylic acids is 2. The lowest BCUT2D eigenvalue weighted by Gasteiger charge is -2.30. The quantitative estimate of drug-likeness (QED) is 0.458. The number of nitrogens with one attached hydrogen (secondary N) is 1. The zero-order valence-corrected chi connectivity index (χ0v) is 8.98. The van der Waals surface area contributed by atoms with Crippen molar-refractivity contribution in [2.24, 2.45) is 5.92 Å². The highest BCUT2D eigenvalue weighted by Crippen LogP contribution is 2.16. The second-order valence-electron chi connectivity index (χ2n) is 3.76. The van der Waals surface area contributed by atoms with Crippen LogP contribution in [0.15, 0.2) is 0 Å². The summed E-state index contributed by atoms with van der Waals surface area (Å²) >= 11 is 0. The summed E-state index contributed by atoms with van der Waals surface area (Å²) in [6, 6.07) is 1.74. The smallest absolute Gasteiger partial charge is 0.311 e. The fourth-order valence-electron chi connectivity index (χ4n) is 1.66. The van der Waals surface area contributed by atoms with Gasteiger partial charge in [-0.15, -0.1) is 0 Å². The molecule has 0 aromatic heterocycles. The summed E-state index contributed by atoms with van der Waals surface area (Å²) in [7, 11) is 0. The normalized spacial score (nSPS) is 16.6. The van der Waals surface area contributed by atoms with Crippen LogP contribution in [0.5, 0.6) is 0 Å². The molecule has 0 bridgehead atoms. The molecule has 1 aliphatic rings. The maximum Gasteiger partial charge on any atom is 0.311 e. The van der Waals surface area contributed by atoms with Crippen LogP contribution in [0, 0.1) is 17.2 Å². The van der Waals surface area contributed by atoms with Gasteiger partial charge >= 0.3 is 11.8 Å². The molecule has 0 aromatic rings. The van der Waals surface area contributed by atoms with Gasteiger partial charge in [-0.05, 0) is 18.8 Å². The van der Waals surface area contributed by atoms with Gasteiger partial charge < -0.3 is 15.3 Å². The molecule has 0 aliphatic carbocycles. The van der Waals surface area contributed by atoms with Gasteiger partial charge in [-0.1, -0.05) is 0 Å². The maximum atomic E-state index is 11.5. The molecule has 6 heteroatoms. The number of nitriles is 1. The van der Waals surface area contributed by atoms with Crippen molar-refractivity contribution in [3.8, 4) is 6.07 Å². The van der Waals surface area contributed by atoms with Gasteiger partial charge in [0.15, 0.2) is 0 Å². The van der Waals surface area contributed by atoms with E-state index in [1.165, 1.54) is 4.90 Å². The topological polar surface area (TPSA) is 93.4 Å². The molecule has 0 spiro atoms. The van der Waals surface area contributed by atoms with Gasteiger partial charge in [-0.3, -0.25) is 9.59 Å². The molecule has 2 N–H and O–H groups in total. The number of rotatable bonds is 2. The standard InChI is InChI=1S/C10H15N3O3/c11-3-4-12-9(15)10(16)13-5-1-8(7-14)2-6-13/h8,14H,1-2,4-7H2,(H,12,15). The highest BCUT2D eigenvalue weighted by Gasteiger charge is 2.26. The molecule has 0 saturated carbocycles. The van der Waals surface area contributed by atoms with Crippen molar-refractivity contribution in [1.82, 2.24) is 10.2 Å². The third-order valence-corrected chi connectivity index (χ3v) is 2.68. The second-order valence-corrected chi connectivity index (χ2v) is 3.76. The summed E-state index contributed by atoms with van der Waals surface area (Å²) in [5.41, 5.74) is 0. The van der Waals surface area contributed by atoms with Gasteiger partial charge in [0.25, 0.3) is 0 Å². The lowest BCUT2D eigenvalue weighted by Crippen LogP contribution is -2.46. The molecular formula is C10H15N3O3. The van der Waals surface area contributed by atoms with Crippen LogP contribution in [0.2, 0.25) is 0 Å². The lowest BCUT2D eigenvalue weighted by molar-refractivity contribution is -0.146. The van der Waals surface area contributed by atoms with Crippen LogP contribution in [-0.4, -0.2) is 48.1 Å². The van der Waals surface area contributed by atoms with Crippen LogP contribution in [0.4, 0.5) is 0 Å². The largest absolute Gasteiger partial charge is 0.396 e. The van der Waals surface area contributed by atoms with Crippen molar-refractivity contribution in [3.05, 3.63) is 0 Å². The van der Waals surface area contributed by atoms with Crippen molar-refractivity contribution >= 4 is 11.8 Å². The Balaban J connectivity index is 2.38. The third-order valence-electron chi connectivity index (χ3n) is 2.68. The Morgan fingerprint density at radius 2 is 2.06 bits per heavy atom. The first-order valence-corrected chi connectivity index (χ1v) is 5.24. The Bertz CT molecular complexity index is 303. The van der Waals surface area contributed by atoms with Crippen LogP contribution in [0.1, 0.15) is 12.8 Å². The first-order chi connectivity index (χ1) is 7.69. The van der Waals surface area contributed by atoms with Crippen LogP contribution in [0.25, 0.3) is 0 Å². The predicted molar refractivity (Wildman–Crippen MR) is 55.0 cm³/mol. The average Bonchev–Trinajstić information content (AvgIpc) is 2.35. The van der Waals surface area contributed by atoms with E-state index in [0.717, 1.165) is 0 Å². The van der Waals surface area contributed by atoms with Gasteiger partial charge in [-0.2, -0.15) is 5.26 Å². The number of hydrogen-bond donors (Lipinski definition) is 2. The first-order valence-electron chi connectivity index (χ1n) is 5.24. The summed E-state index contributed by atoms with van der Waals surface area (Å²) in [6.07, 6.45) is 1.43. The fourth-order valence-corrected chi connectivity index (χ4v) is 1.66. The fraction of sp³-hybridized carbons (Fsp3) is 0.700. The number of nitrogens with zero attached hydrogens (tertiary/aromatic N) is 2. The molecule has 16 heavy (non-hydrogen) atoms. The molecule has 88 valence electrons. The molecule has 0 unspecified atom stereocenters. The number of aliphatic hydroxyl groups is 1. The molecule has 2 amide bonds. The number of amides is 2. The van der Waals surface area contributed by atoms with E-state index in [9.17, 15) is 9.59 Å². The van der Waals surface area contributed by atoms with Gasteiger partial charge in [0.2, 0.25) is 0 Å². The number of hydrogen-bond acceptors (Lipinski definition) is 4. The van der Waals surface area contributed by atoms with Crippen molar-refractivity contribution in [2.75, 3.05) is 26.2 Å². The summed E-state index contributed by atoms with van der Waals surface area (Å²) in [4.78, 5) is 24.2. The Morgan fingerprint density at radius 1 is 1.44 bits per heavy atom. The van der Waals surface area contributed by atoms with Gasteiger partial charge in [-0.25, -0.2) is 0 Å². The molecule has 0 radical (unpaired) electrons. The Morgan fingerprint density at radius 3 is 2.56 bits per heavy atom. The van der Waals surface area contributed by atoms with Gasteiger partial charge in [0, 0.05) is 19.7 Å². The van der Waals surface area contributed by atoms with Crippen LogP contribution in [0.3, 0.4) is 0 Å². The summed E-state index contributed by atoms with van der Waals surface area (Å²) in [6.45, 7) is 0.953. The molecule has 1 heterocycles. The maximum absolute atomic E-state index is 11.5. The highest BCUT2D eigenvalue weighted by molar-refractivity contribution is 6.35. The van der Waals surface area contributed by atoms with E-state index >= 15 is 0 Å². The third kappa shape index (κ3) is 3.21. The minimum Gasteiger partial charge on any atom is -0.396 e. The van der Waals surface area contributed by atoms with Crippen LogP contribution < -0.4 is 5.32 Å². The molecule has 6 nitrogen and oxygen atoms in total. The number of aliphatic hydroxyl groups excluding tert-OH is 1. The van der Waals surface area contributed by atoms with Gasteiger partial charge in [0.05, 0.1) is 6.07 Å². The number of piperidine rings is 1. The van der Waals surface area contributed by atoms with Gasteiger partial charge in [0.1, 0.15) is 6.54 Å². The highest BCUT2D eigenvalue weighted by atomic mass is 16.3. The lowest BCUT2D eigenvalue weighted by atomic mass is 9.98. The molecular weight excluding hydrogens is 210 g/mol. The second kappa shape index (κ2) is 6.08. The SMILES string of the molecule is N#CCNC(=O)C(=O)N1CCC(CO)CC1. The Labute approximate surface area is 93.8 Å². The zero-order valence-electron chi connectivity index (χ0n) is 8.98. The van der Waals surface area contributed by atoms with E-state index in [0.29, 0.717) is 25.9 Å². The molecule has 1 rings (SSSR count). The zero-order chi connectivity index (χ0) is 12.0. The predicted octanol–water partition coefficient (Wildman–Crippen LogP) is -1.14.